The van der Waals surface area contributed by atoms with Gasteiger partial charge < -0.3 is 10.0 Å². The number of halogens is 3. The van der Waals surface area contributed by atoms with Crippen LogP contribution >= 0.6 is 11.6 Å². The Morgan fingerprint density at radius 3 is 2.53 bits per heavy atom. The summed E-state index contributed by atoms with van der Waals surface area (Å²) in [7, 11) is 0. The van der Waals surface area contributed by atoms with Gasteiger partial charge in [-0.25, -0.2) is 0 Å². The van der Waals surface area contributed by atoms with Crippen LogP contribution in [0.3, 0.4) is 0 Å². The first-order valence-corrected chi connectivity index (χ1v) is 4.79. The summed E-state index contributed by atoms with van der Waals surface area (Å²) in [6.07, 6.45) is 0.794. The lowest BCUT2D eigenvalue weighted by molar-refractivity contribution is -0.152. The largest absolute Gasteiger partial charge is 0.481 e. The van der Waals surface area contributed by atoms with Gasteiger partial charge in [0.25, 0.3) is 0 Å². The highest BCUT2D eigenvalue weighted by Gasteiger charge is 2.42. The van der Waals surface area contributed by atoms with Gasteiger partial charge in [0.2, 0.25) is 0 Å². The standard InChI is InChI=1S/C8H10ClF2NO3/c9-8(10,11)7(15)12-3-1-2-5(4-12)6(13)14/h5H,1-4H2,(H,13,14). The molecule has 0 aliphatic carbocycles. The van der Waals surface area contributed by atoms with Gasteiger partial charge in [0.15, 0.2) is 0 Å². The number of carbonyl (C=O) groups excluding carboxylic acids is 1. The lowest BCUT2D eigenvalue weighted by Gasteiger charge is -2.31. The zero-order chi connectivity index (χ0) is 11.6. The van der Waals surface area contributed by atoms with E-state index >= 15 is 0 Å². The highest BCUT2D eigenvalue weighted by Crippen LogP contribution is 2.25. The van der Waals surface area contributed by atoms with Gasteiger partial charge in [0.05, 0.1) is 5.92 Å². The molecule has 0 bridgehead atoms. The molecule has 0 aromatic carbocycles. The zero-order valence-corrected chi connectivity index (χ0v) is 8.51. The molecule has 1 heterocycles. The molecular formula is C8H10ClF2NO3. The highest BCUT2D eigenvalue weighted by molar-refractivity contribution is 6.32. The SMILES string of the molecule is O=C(O)C1CCCN(C(=O)C(F)(F)Cl)C1. The Kier molecular flexibility index (Phi) is 3.49. The molecule has 1 rings (SSSR count). The Labute approximate surface area is 89.8 Å². The first kappa shape index (κ1) is 12.2. The van der Waals surface area contributed by atoms with Gasteiger partial charge >= 0.3 is 17.3 Å². The number of carboxylic acid groups (broad SMARTS) is 1. The quantitative estimate of drug-likeness (QED) is 0.738. The van der Waals surface area contributed by atoms with E-state index in [4.69, 9.17) is 5.11 Å². The number of likely N-dealkylation sites (tertiary alicyclic amines) is 1. The van der Waals surface area contributed by atoms with E-state index in [9.17, 15) is 18.4 Å². The van der Waals surface area contributed by atoms with Gasteiger partial charge in [0, 0.05) is 13.1 Å². The molecule has 1 saturated heterocycles. The van der Waals surface area contributed by atoms with Gasteiger partial charge in [-0.3, -0.25) is 9.59 Å². The van der Waals surface area contributed by atoms with E-state index in [0.29, 0.717) is 12.8 Å². The van der Waals surface area contributed by atoms with Crippen molar-refractivity contribution in [2.75, 3.05) is 13.1 Å². The number of hydrogen-bond acceptors (Lipinski definition) is 2. The van der Waals surface area contributed by atoms with Crippen LogP contribution in [0.4, 0.5) is 8.78 Å². The van der Waals surface area contributed by atoms with Crippen LogP contribution in [0, 0.1) is 5.92 Å². The second-order valence-electron chi connectivity index (χ2n) is 3.43. The minimum Gasteiger partial charge on any atom is -0.481 e. The van der Waals surface area contributed by atoms with Crippen LogP contribution in [-0.4, -0.2) is 40.4 Å². The predicted molar refractivity (Wildman–Crippen MR) is 47.7 cm³/mol. The van der Waals surface area contributed by atoms with Crippen molar-refractivity contribution < 1.29 is 23.5 Å². The molecule has 1 amide bonds. The topological polar surface area (TPSA) is 57.6 Å². The van der Waals surface area contributed by atoms with Crippen molar-refractivity contribution in [1.29, 1.82) is 0 Å². The molecule has 4 nitrogen and oxygen atoms in total. The molecule has 0 saturated carbocycles. The molecule has 1 unspecified atom stereocenters. The average molecular weight is 242 g/mol. The first-order valence-electron chi connectivity index (χ1n) is 4.41. The van der Waals surface area contributed by atoms with E-state index in [1.807, 2.05) is 0 Å². The van der Waals surface area contributed by atoms with E-state index in [1.165, 1.54) is 0 Å². The van der Waals surface area contributed by atoms with E-state index in [1.54, 1.807) is 0 Å². The van der Waals surface area contributed by atoms with Crippen LogP contribution in [0.5, 0.6) is 0 Å². The average Bonchev–Trinajstić information content (AvgIpc) is 2.15. The predicted octanol–water partition coefficient (Wildman–Crippen LogP) is 1.14. The number of alkyl halides is 3. The molecule has 0 aromatic rings. The van der Waals surface area contributed by atoms with Crippen LogP contribution in [0.25, 0.3) is 0 Å². The Hall–Kier alpha value is -0.910. The van der Waals surface area contributed by atoms with Crippen LogP contribution in [-0.2, 0) is 9.59 Å². The van der Waals surface area contributed by atoms with E-state index in [-0.39, 0.29) is 13.1 Å². The fraction of sp³-hybridized carbons (Fsp3) is 0.750. The summed E-state index contributed by atoms with van der Waals surface area (Å²) in [6.45, 7) is -0.0681. The summed E-state index contributed by atoms with van der Waals surface area (Å²) in [4.78, 5) is 22.5. The minimum atomic E-state index is -3.94. The third kappa shape index (κ3) is 3.02. The molecule has 0 aromatic heterocycles. The molecule has 1 fully saturated rings. The minimum absolute atomic E-state index is 0.130. The molecule has 86 valence electrons. The molecule has 0 radical (unpaired) electrons. The van der Waals surface area contributed by atoms with Crippen LogP contribution < -0.4 is 0 Å². The van der Waals surface area contributed by atoms with Gasteiger partial charge in [-0.2, -0.15) is 8.78 Å². The third-order valence-corrected chi connectivity index (χ3v) is 2.46. The summed E-state index contributed by atoms with van der Waals surface area (Å²) in [5.41, 5.74) is 0. The number of piperidine rings is 1. The summed E-state index contributed by atoms with van der Waals surface area (Å²) < 4.78 is 24.9. The maximum atomic E-state index is 12.5. The van der Waals surface area contributed by atoms with Crippen molar-refractivity contribution >= 4 is 23.5 Å². The van der Waals surface area contributed by atoms with Gasteiger partial charge in [-0.05, 0) is 24.4 Å². The van der Waals surface area contributed by atoms with Crippen molar-refractivity contribution in [3.63, 3.8) is 0 Å². The lowest BCUT2D eigenvalue weighted by atomic mass is 9.98. The number of carbonyl (C=O) groups is 2. The smallest absolute Gasteiger partial charge is 0.399 e. The molecule has 1 aliphatic heterocycles. The Morgan fingerprint density at radius 1 is 1.47 bits per heavy atom. The normalized spacial score (nSPS) is 22.6. The Morgan fingerprint density at radius 2 is 2.07 bits per heavy atom. The second-order valence-corrected chi connectivity index (χ2v) is 3.90. The fourth-order valence-electron chi connectivity index (χ4n) is 1.54. The van der Waals surface area contributed by atoms with Gasteiger partial charge in [0.1, 0.15) is 0 Å². The van der Waals surface area contributed by atoms with Crippen LogP contribution in [0.15, 0.2) is 0 Å². The Bertz CT molecular complexity index is 280. The number of hydrogen-bond donors (Lipinski definition) is 1. The monoisotopic (exact) mass is 241 g/mol. The van der Waals surface area contributed by atoms with Crippen molar-refractivity contribution in [2.24, 2.45) is 5.92 Å². The summed E-state index contributed by atoms with van der Waals surface area (Å²) in [5, 5.41) is 4.74. The third-order valence-electron chi connectivity index (χ3n) is 2.30. The van der Waals surface area contributed by atoms with Crippen molar-refractivity contribution in [1.82, 2.24) is 4.90 Å². The maximum absolute atomic E-state index is 12.5. The van der Waals surface area contributed by atoms with E-state index in [2.05, 4.69) is 11.6 Å². The maximum Gasteiger partial charge on any atom is 0.399 e. The fourth-order valence-corrected chi connectivity index (χ4v) is 1.66. The molecule has 1 aliphatic rings. The molecule has 15 heavy (non-hydrogen) atoms. The first-order chi connectivity index (χ1) is 6.82. The summed E-state index contributed by atoms with van der Waals surface area (Å²) >= 11 is 4.57. The zero-order valence-electron chi connectivity index (χ0n) is 7.75. The van der Waals surface area contributed by atoms with Gasteiger partial charge in [-0.1, -0.05) is 0 Å². The number of rotatable bonds is 2. The molecule has 7 heteroatoms. The molecule has 1 N–H and O–H groups in total. The number of amides is 1. The van der Waals surface area contributed by atoms with Crippen LogP contribution in [0.2, 0.25) is 0 Å². The van der Waals surface area contributed by atoms with E-state index < -0.39 is 23.2 Å². The van der Waals surface area contributed by atoms with E-state index in [0.717, 1.165) is 4.90 Å². The molecule has 0 spiro atoms. The lowest BCUT2D eigenvalue weighted by Crippen LogP contribution is -2.47. The van der Waals surface area contributed by atoms with Crippen molar-refractivity contribution in [2.45, 2.75) is 18.2 Å². The Balaban J connectivity index is 2.64. The second kappa shape index (κ2) is 4.30. The van der Waals surface area contributed by atoms with Crippen molar-refractivity contribution in [3.05, 3.63) is 0 Å². The van der Waals surface area contributed by atoms with Crippen molar-refractivity contribution in [3.8, 4) is 0 Å². The number of nitrogens with zero attached hydrogens (tertiary/aromatic N) is 1. The molecular weight excluding hydrogens is 232 g/mol. The number of aliphatic carboxylic acids is 1. The summed E-state index contributed by atoms with van der Waals surface area (Å²) in [6, 6.07) is 0. The van der Waals surface area contributed by atoms with Gasteiger partial charge in [-0.15, -0.1) is 0 Å². The highest BCUT2D eigenvalue weighted by atomic mass is 35.5. The van der Waals surface area contributed by atoms with Crippen LogP contribution in [0.1, 0.15) is 12.8 Å². The number of carboxylic acids is 1. The molecule has 1 atom stereocenters. The summed E-state index contributed by atoms with van der Waals surface area (Å²) in [5.74, 6) is -3.37.